The van der Waals surface area contributed by atoms with Gasteiger partial charge in [-0.1, -0.05) is 0 Å². The van der Waals surface area contributed by atoms with Crippen LogP contribution in [0.4, 0.5) is 5.69 Å². The van der Waals surface area contributed by atoms with E-state index in [2.05, 4.69) is 10.6 Å². The van der Waals surface area contributed by atoms with Crippen molar-refractivity contribution in [3.05, 3.63) is 48.5 Å². The molecule has 5 heteroatoms. The van der Waals surface area contributed by atoms with Crippen molar-refractivity contribution in [2.24, 2.45) is 0 Å². The molecule has 0 saturated heterocycles. The Balaban J connectivity index is 1.94. The molecule has 2 N–H and O–H groups in total. The Morgan fingerprint density at radius 3 is 2.00 bits per heavy atom. The Morgan fingerprint density at radius 1 is 0.909 bits per heavy atom. The molecule has 0 aliphatic carbocycles. The second-order valence-electron chi connectivity index (χ2n) is 4.52. The van der Waals surface area contributed by atoms with Gasteiger partial charge in [0.1, 0.15) is 17.2 Å². The zero-order chi connectivity index (χ0) is 15.8. The van der Waals surface area contributed by atoms with Gasteiger partial charge in [0, 0.05) is 12.2 Å². The first-order valence-electron chi connectivity index (χ1n) is 7.27. The van der Waals surface area contributed by atoms with Gasteiger partial charge in [0.15, 0.2) is 5.11 Å². The van der Waals surface area contributed by atoms with E-state index in [1.807, 2.05) is 62.4 Å². The highest BCUT2D eigenvalue weighted by atomic mass is 32.1. The van der Waals surface area contributed by atoms with Crippen molar-refractivity contribution in [2.45, 2.75) is 13.8 Å². The minimum absolute atomic E-state index is 0.614. The maximum Gasteiger partial charge on any atom is 0.170 e. The van der Waals surface area contributed by atoms with Gasteiger partial charge in [-0.25, -0.2) is 0 Å². The van der Waals surface area contributed by atoms with Crippen LogP contribution in [0.2, 0.25) is 0 Å². The van der Waals surface area contributed by atoms with E-state index in [-0.39, 0.29) is 0 Å². The number of thiocarbonyl (C=S) groups is 1. The standard InChI is InChI=1S/C17H20N2O2S/c1-3-18-17(22)19-13-5-7-15(8-6-13)21-16-11-9-14(10-12-16)20-4-2/h5-12H,3-4H2,1-2H3,(H2,18,19,22). The van der Waals surface area contributed by atoms with Crippen LogP contribution in [0, 0.1) is 0 Å². The van der Waals surface area contributed by atoms with Gasteiger partial charge in [-0.05, 0) is 74.6 Å². The van der Waals surface area contributed by atoms with Gasteiger partial charge in [-0.3, -0.25) is 0 Å². The zero-order valence-electron chi connectivity index (χ0n) is 12.8. The van der Waals surface area contributed by atoms with E-state index in [1.165, 1.54) is 0 Å². The molecule has 116 valence electrons. The largest absolute Gasteiger partial charge is 0.494 e. The lowest BCUT2D eigenvalue weighted by atomic mass is 10.3. The molecule has 0 heterocycles. The highest BCUT2D eigenvalue weighted by Gasteiger charge is 2.00. The van der Waals surface area contributed by atoms with Crippen LogP contribution in [0.15, 0.2) is 48.5 Å². The molecule has 2 aromatic carbocycles. The first kappa shape index (κ1) is 16.1. The molecular weight excluding hydrogens is 296 g/mol. The van der Waals surface area contributed by atoms with Crippen LogP contribution < -0.4 is 20.1 Å². The summed E-state index contributed by atoms with van der Waals surface area (Å²) in [5.74, 6) is 2.38. The predicted octanol–water partition coefficient (Wildman–Crippen LogP) is 4.18. The molecule has 0 bridgehead atoms. The van der Waals surface area contributed by atoms with Crippen LogP contribution in [0.3, 0.4) is 0 Å². The summed E-state index contributed by atoms with van der Waals surface area (Å²) in [5.41, 5.74) is 0.921. The van der Waals surface area contributed by atoms with Crippen molar-refractivity contribution >= 4 is 23.0 Å². The van der Waals surface area contributed by atoms with E-state index < -0.39 is 0 Å². The first-order chi connectivity index (χ1) is 10.7. The van der Waals surface area contributed by atoms with Crippen LogP contribution in [0.25, 0.3) is 0 Å². The number of hydrogen-bond donors (Lipinski definition) is 2. The minimum Gasteiger partial charge on any atom is -0.494 e. The first-order valence-corrected chi connectivity index (χ1v) is 7.67. The summed E-state index contributed by atoms with van der Waals surface area (Å²) in [6.07, 6.45) is 0. The maximum atomic E-state index is 5.79. The summed E-state index contributed by atoms with van der Waals surface area (Å²) in [7, 11) is 0. The molecule has 0 amide bonds. The fourth-order valence-electron chi connectivity index (χ4n) is 1.85. The summed E-state index contributed by atoms with van der Waals surface area (Å²) in [4.78, 5) is 0. The third-order valence-electron chi connectivity index (χ3n) is 2.82. The normalized spacial score (nSPS) is 9.91. The Morgan fingerprint density at radius 2 is 1.45 bits per heavy atom. The fraction of sp³-hybridized carbons (Fsp3) is 0.235. The molecule has 0 aliphatic rings. The Hall–Kier alpha value is -2.27. The molecule has 0 radical (unpaired) electrons. The van der Waals surface area contributed by atoms with Gasteiger partial charge in [0.2, 0.25) is 0 Å². The number of ether oxygens (including phenoxy) is 2. The lowest BCUT2D eigenvalue weighted by Crippen LogP contribution is -2.27. The number of benzene rings is 2. The van der Waals surface area contributed by atoms with Crippen molar-refractivity contribution in [1.82, 2.24) is 5.32 Å². The van der Waals surface area contributed by atoms with Crippen LogP contribution in [-0.2, 0) is 0 Å². The lowest BCUT2D eigenvalue weighted by molar-refractivity contribution is 0.339. The van der Waals surface area contributed by atoms with Crippen molar-refractivity contribution in [3.63, 3.8) is 0 Å². The minimum atomic E-state index is 0.614. The summed E-state index contributed by atoms with van der Waals surface area (Å²) < 4.78 is 11.2. The van der Waals surface area contributed by atoms with Gasteiger partial charge in [0.25, 0.3) is 0 Å². The Kier molecular flexibility index (Phi) is 6.03. The molecule has 0 atom stereocenters. The summed E-state index contributed by atoms with van der Waals surface area (Å²) in [6.45, 7) is 5.41. The third-order valence-corrected chi connectivity index (χ3v) is 3.07. The SMILES string of the molecule is CCNC(=S)Nc1ccc(Oc2ccc(OCC)cc2)cc1. The van der Waals surface area contributed by atoms with Gasteiger partial charge < -0.3 is 20.1 Å². The average molecular weight is 316 g/mol. The van der Waals surface area contributed by atoms with E-state index in [0.29, 0.717) is 11.7 Å². The molecule has 0 aromatic heterocycles. The molecule has 0 saturated carbocycles. The van der Waals surface area contributed by atoms with Gasteiger partial charge in [-0.2, -0.15) is 0 Å². The number of nitrogens with one attached hydrogen (secondary N) is 2. The quantitative estimate of drug-likeness (QED) is 0.783. The molecule has 2 rings (SSSR count). The molecule has 0 unspecified atom stereocenters. The van der Waals surface area contributed by atoms with Gasteiger partial charge in [-0.15, -0.1) is 0 Å². The molecular formula is C17H20N2O2S. The predicted molar refractivity (Wildman–Crippen MR) is 94.0 cm³/mol. The van der Waals surface area contributed by atoms with Crippen molar-refractivity contribution in [2.75, 3.05) is 18.5 Å². The lowest BCUT2D eigenvalue weighted by Gasteiger charge is -2.10. The van der Waals surface area contributed by atoms with Crippen molar-refractivity contribution < 1.29 is 9.47 Å². The topological polar surface area (TPSA) is 42.5 Å². The van der Waals surface area contributed by atoms with Gasteiger partial charge in [0.05, 0.1) is 6.61 Å². The average Bonchev–Trinajstić information content (AvgIpc) is 2.52. The summed E-state index contributed by atoms with van der Waals surface area (Å²) in [5, 5.41) is 6.76. The molecule has 22 heavy (non-hydrogen) atoms. The van der Waals surface area contributed by atoms with Crippen molar-refractivity contribution in [3.8, 4) is 17.2 Å². The van der Waals surface area contributed by atoms with Crippen molar-refractivity contribution in [1.29, 1.82) is 0 Å². The number of anilines is 1. The van der Waals surface area contributed by atoms with E-state index in [4.69, 9.17) is 21.7 Å². The Labute approximate surface area is 136 Å². The smallest absolute Gasteiger partial charge is 0.170 e. The van der Waals surface area contributed by atoms with Gasteiger partial charge >= 0.3 is 0 Å². The fourth-order valence-corrected chi connectivity index (χ4v) is 2.11. The maximum absolute atomic E-state index is 5.79. The van der Waals surface area contributed by atoms with E-state index in [9.17, 15) is 0 Å². The highest BCUT2D eigenvalue weighted by Crippen LogP contribution is 2.25. The second kappa shape index (κ2) is 8.24. The van der Waals surface area contributed by atoms with Crippen LogP contribution in [-0.4, -0.2) is 18.3 Å². The van der Waals surface area contributed by atoms with Crippen LogP contribution >= 0.6 is 12.2 Å². The van der Waals surface area contributed by atoms with E-state index in [1.54, 1.807) is 0 Å². The molecule has 0 aliphatic heterocycles. The van der Waals surface area contributed by atoms with Crippen LogP contribution in [0.5, 0.6) is 17.2 Å². The zero-order valence-corrected chi connectivity index (χ0v) is 13.6. The molecule has 4 nitrogen and oxygen atoms in total. The highest BCUT2D eigenvalue weighted by molar-refractivity contribution is 7.80. The second-order valence-corrected chi connectivity index (χ2v) is 4.92. The van der Waals surface area contributed by atoms with Crippen LogP contribution in [0.1, 0.15) is 13.8 Å². The summed E-state index contributed by atoms with van der Waals surface area (Å²) in [6, 6.07) is 15.2. The van der Waals surface area contributed by atoms with E-state index in [0.717, 1.165) is 29.5 Å². The number of rotatable bonds is 6. The monoisotopic (exact) mass is 316 g/mol. The Bertz CT molecular complexity index is 597. The summed E-state index contributed by atoms with van der Waals surface area (Å²) >= 11 is 5.14. The molecule has 2 aromatic rings. The number of hydrogen-bond acceptors (Lipinski definition) is 3. The molecule has 0 spiro atoms. The third kappa shape index (κ3) is 4.93. The van der Waals surface area contributed by atoms with E-state index >= 15 is 0 Å². The molecule has 0 fully saturated rings.